The van der Waals surface area contributed by atoms with Crippen molar-refractivity contribution in [1.82, 2.24) is 15.1 Å². The third-order valence-electron chi connectivity index (χ3n) is 3.12. The van der Waals surface area contributed by atoms with Crippen molar-refractivity contribution in [3.63, 3.8) is 0 Å². The van der Waals surface area contributed by atoms with Crippen molar-refractivity contribution >= 4 is 0 Å². The van der Waals surface area contributed by atoms with E-state index >= 15 is 0 Å². The predicted octanol–water partition coefficient (Wildman–Crippen LogP) is 2.76. The van der Waals surface area contributed by atoms with E-state index in [9.17, 15) is 0 Å². The number of hydrogen-bond donors (Lipinski definition) is 1. The van der Waals surface area contributed by atoms with E-state index in [-0.39, 0.29) is 12.1 Å². The molecule has 0 saturated heterocycles. The van der Waals surface area contributed by atoms with Gasteiger partial charge in [0.2, 0.25) is 0 Å². The molecule has 0 radical (unpaired) electrons. The minimum absolute atomic E-state index is 0.224. The summed E-state index contributed by atoms with van der Waals surface area (Å²) in [7, 11) is 0. The van der Waals surface area contributed by atoms with Gasteiger partial charge in [0, 0.05) is 19.3 Å². The SMILES string of the molecule is CCCC(OCC)C(NCC)c1ccnn1CC. The zero-order valence-electron chi connectivity index (χ0n) is 12.1. The molecule has 0 amide bonds. The number of rotatable bonds is 9. The lowest BCUT2D eigenvalue weighted by atomic mass is 10.0. The Hall–Kier alpha value is -0.870. The van der Waals surface area contributed by atoms with Crippen molar-refractivity contribution in [2.24, 2.45) is 0 Å². The minimum atomic E-state index is 0.224. The molecule has 0 aliphatic carbocycles. The highest BCUT2D eigenvalue weighted by Gasteiger charge is 2.24. The molecule has 0 saturated carbocycles. The first-order valence-electron chi connectivity index (χ1n) is 7.15. The zero-order valence-corrected chi connectivity index (χ0v) is 12.1. The average Bonchev–Trinajstić information content (AvgIpc) is 2.84. The van der Waals surface area contributed by atoms with Gasteiger partial charge in [-0.25, -0.2) is 0 Å². The van der Waals surface area contributed by atoms with Gasteiger partial charge >= 0.3 is 0 Å². The molecule has 2 atom stereocenters. The molecule has 0 aliphatic rings. The smallest absolute Gasteiger partial charge is 0.0784 e. The molecule has 0 aromatic carbocycles. The Morgan fingerprint density at radius 3 is 2.67 bits per heavy atom. The van der Waals surface area contributed by atoms with Gasteiger partial charge in [-0.15, -0.1) is 0 Å². The van der Waals surface area contributed by atoms with Crippen LogP contribution in [0.5, 0.6) is 0 Å². The highest BCUT2D eigenvalue weighted by molar-refractivity contribution is 5.09. The van der Waals surface area contributed by atoms with E-state index in [1.807, 2.05) is 6.20 Å². The number of ether oxygens (including phenoxy) is 1. The molecule has 0 bridgehead atoms. The van der Waals surface area contributed by atoms with Crippen LogP contribution in [0.1, 0.15) is 52.3 Å². The van der Waals surface area contributed by atoms with Crippen molar-refractivity contribution in [1.29, 1.82) is 0 Å². The number of nitrogens with one attached hydrogen (secondary N) is 1. The summed E-state index contributed by atoms with van der Waals surface area (Å²) >= 11 is 0. The van der Waals surface area contributed by atoms with E-state index in [0.29, 0.717) is 0 Å². The second-order valence-corrected chi connectivity index (χ2v) is 4.39. The standard InChI is InChI=1S/C14H27N3O/c1-5-9-13(18-8-4)14(15-6-2)12-10-11-16-17(12)7-3/h10-11,13-15H,5-9H2,1-4H3. The Morgan fingerprint density at radius 1 is 1.33 bits per heavy atom. The monoisotopic (exact) mass is 253 g/mol. The topological polar surface area (TPSA) is 39.1 Å². The van der Waals surface area contributed by atoms with Crippen LogP contribution >= 0.6 is 0 Å². The van der Waals surface area contributed by atoms with Crippen LogP contribution in [0.3, 0.4) is 0 Å². The molecule has 0 spiro atoms. The fraction of sp³-hybridized carbons (Fsp3) is 0.786. The van der Waals surface area contributed by atoms with Crippen LogP contribution in [-0.2, 0) is 11.3 Å². The van der Waals surface area contributed by atoms with Gasteiger partial charge in [0.15, 0.2) is 0 Å². The molecule has 1 heterocycles. The summed E-state index contributed by atoms with van der Waals surface area (Å²) < 4.78 is 7.97. The van der Waals surface area contributed by atoms with Gasteiger partial charge in [0.05, 0.1) is 17.8 Å². The molecular formula is C14H27N3O. The molecule has 1 N–H and O–H groups in total. The molecule has 104 valence electrons. The fourth-order valence-electron chi connectivity index (χ4n) is 2.36. The van der Waals surface area contributed by atoms with Crippen molar-refractivity contribution in [2.75, 3.05) is 13.2 Å². The fourth-order valence-corrected chi connectivity index (χ4v) is 2.36. The quantitative estimate of drug-likeness (QED) is 0.735. The molecule has 4 heteroatoms. The Balaban J connectivity index is 2.91. The van der Waals surface area contributed by atoms with Crippen LogP contribution in [0.25, 0.3) is 0 Å². The number of hydrogen-bond acceptors (Lipinski definition) is 3. The summed E-state index contributed by atoms with van der Waals surface area (Å²) in [4.78, 5) is 0. The van der Waals surface area contributed by atoms with E-state index in [2.05, 4.69) is 48.9 Å². The lowest BCUT2D eigenvalue weighted by Gasteiger charge is -2.28. The molecule has 4 nitrogen and oxygen atoms in total. The maximum absolute atomic E-state index is 5.92. The minimum Gasteiger partial charge on any atom is -0.376 e. The second-order valence-electron chi connectivity index (χ2n) is 4.39. The van der Waals surface area contributed by atoms with Gasteiger partial charge in [-0.05, 0) is 32.9 Å². The average molecular weight is 253 g/mol. The Kier molecular flexibility index (Phi) is 6.98. The summed E-state index contributed by atoms with van der Waals surface area (Å²) in [5.41, 5.74) is 1.23. The van der Waals surface area contributed by atoms with Crippen molar-refractivity contribution in [3.8, 4) is 0 Å². The summed E-state index contributed by atoms with van der Waals surface area (Å²) in [6.07, 6.45) is 4.30. The molecule has 18 heavy (non-hydrogen) atoms. The summed E-state index contributed by atoms with van der Waals surface area (Å²) in [6, 6.07) is 2.33. The molecule has 0 fully saturated rings. The highest BCUT2D eigenvalue weighted by atomic mass is 16.5. The zero-order chi connectivity index (χ0) is 13.4. The molecule has 1 rings (SSSR count). The number of likely N-dealkylation sites (N-methyl/N-ethyl adjacent to an activating group) is 1. The van der Waals surface area contributed by atoms with Gasteiger partial charge in [-0.2, -0.15) is 5.10 Å². The maximum atomic E-state index is 5.92. The van der Waals surface area contributed by atoms with E-state index in [4.69, 9.17) is 4.74 Å². The summed E-state index contributed by atoms with van der Waals surface area (Å²) in [5, 5.41) is 7.91. The molecule has 2 unspecified atom stereocenters. The molecule has 1 aromatic rings. The summed E-state index contributed by atoms with van der Waals surface area (Å²) in [5.74, 6) is 0. The maximum Gasteiger partial charge on any atom is 0.0784 e. The third-order valence-corrected chi connectivity index (χ3v) is 3.12. The predicted molar refractivity (Wildman–Crippen MR) is 74.6 cm³/mol. The largest absolute Gasteiger partial charge is 0.376 e. The van der Waals surface area contributed by atoms with Crippen LogP contribution in [0.4, 0.5) is 0 Å². The number of aromatic nitrogens is 2. The van der Waals surface area contributed by atoms with Gasteiger partial charge in [0.25, 0.3) is 0 Å². The second kappa shape index (κ2) is 8.27. The lowest BCUT2D eigenvalue weighted by Crippen LogP contribution is -2.35. The van der Waals surface area contributed by atoms with Crippen LogP contribution in [0.2, 0.25) is 0 Å². The Morgan fingerprint density at radius 2 is 2.11 bits per heavy atom. The van der Waals surface area contributed by atoms with Crippen molar-refractivity contribution < 1.29 is 4.74 Å². The van der Waals surface area contributed by atoms with Gasteiger partial charge in [0.1, 0.15) is 0 Å². The Bertz CT molecular complexity index is 319. The highest BCUT2D eigenvalue weighted by Crippen LogP contribution is 2.22. The van der Waals surface area contributed by atoms with Gasteiger partial charge in [-0.3, -0.25) is 4.68 Å². The van der Waals surface area contributed by atoms with E-state index < -0.39 is 0 Å². The lowest BCUT2D eigenvalue weighted by molar-refractivity contribution is 0.0258. The van der Waals surface area contributed by atoms with E-state index in [0.717, 1.165) is 32.5 Å². The van der Waals surface area contributed by atoms with E-state index in [1.165, 1.54) is 5.69 Å². The van der Waals surface area contributed by atoms with Crippen LogP contribution in [0, 0.1) is 0 Å². The van der Waals surface area contributed by atoms with Crippen LogP contribution < -0.4 is 5.32 Å². The van der Waals surface area contributed by atoms with E-state index in [1.54, 1.807) is 0 Å². The first kappa shape index (κ1) is 15.2. The molecule has 1 aromatic heterocycles. The Labute approximate surface area is 111 Å². The van der Waals surface area contributed by atoms with Gasteiger partial charge < -0.3 is 10.1 Å². The van der Waals surface area contributed by atoms with Crippen molar-refractivity contribution in [2.45, 2.75) is 59.2 Å². The van der Waals surface area contributed by atoms with Gasteiger partial charge in [-0.1, -0.05) is 20.3 Å². The number of aryl methyl sites for hydroxylation is 1. The third kappa shape index (κ3) is 3.82. The normalized spacial score (nSPS) is 14.7. The summed E-state index contributed by atoms with van der Waals surface area (Å²) in [6.45, 7) is 11.1. The van der Waals surface area contributed by atoms with Crippen LogP contribution in [-0.4, -0.2) is 29.0 Å². The molecule has 0 aliphatic heterocycles. The number of nitrogens with zero attached hydrogens (tertiary/aromatic N) is 2. The van der Waals surface area contributed by atoms with Crippen LogP contribution in [0.15, 0.2) is 12.3 Å². The first-order valence-corrected chi connectivity index (χ1v) is 7.15. The van der Waals surface area contributed by atoms with Crippen molar-refractivity contribution in [3.05, 3.63) is 18.0 Å². The first-order chi connectivity index (χ1) is 8.78. The molecular weight excluding hydrogens is 226 g/mol.